The van der Waals surface area contributed by atoms with Crippen molar-refractivity contribution in [3.05, 3.63) is 70.0 Å². The van der Waals surface area contributed by atoms with Crippen LogP contribution in [0.1, 0.15) is 43.2 Å². The highest BCUT2D eigenvalue weighted by atomic mass is 32.2. The van der Waals surface area contributed by atoms with Crippen LogP contribution in [0.3, 0.4) is 0 Å². The first kappa shape index (κ1) is 24.2. The van der Waals surface area contributed by atoms with E-state index in [0.717, 1.165) is 47.7 Å². The number of nitrogens with zero attached hydrogens (tertiary/aromatic N) is 2. The standard InChI is InChI=1S/C26H31N3O4S/c1-19-8-7-9-23-20(2)18-25(31)29(26(19)23)17-14-24(30)27-21-10-12-22(13-11-21)34(32,33)28-15-5-3-4-6-16-28/h7-13,18H,3-6,14-17H2,1-2H3,(H,27,30). The van der Waals surface area contributed by atoms with Crippen LogP contribution in [0.4, 0.5) is 5.69 Å². The number of para-hydroxylation sites is 1. The summed E-state index contributed by atoms with van der Waals surface area (Å²) in [7, 11) is -3.53. The summed E-state index contributed by atoms with van der Waals surface area (Å²) >= 11 is 0. The van der Waals surface area contributed by atoms with Crippen molar-refractivity contribution in [1.82, 2.24) is 8.87 Å². The summed E-state index contributed by atoms with van der Waals surface area (Å²) in [6, 6.07) is 13.8. The monoisotopic (exact) mass is 481 g/mol. The molecule has 7 nitrogen and oxygen atoms in total. The molecule has 1 saturated heterocycles. The van der Waals surface area contributed by atoms with E-state index < -0.39 is 10.0 Å². The molecule has 0 bridgehead atoms. The highest BCUT2D eigenvalue weighted by molar-refractivity contribution is 7.89. The second-order valence-electron chi connectivity index (χ2n) is 8.93. The Balaban J connectivity index is 1.44. The van der Waals surface area contributed by atoms with Gasteiger partial charge in [0.15, 0.2) is 0 Å². The van der Waals surface area contributed by atoms with Gasteiger partial charge in [0.2, 0.25) is 15.9 Å². The van der Waals surface area contributed by atoms with Gasteiger partial charge < -0.3 is 9.88 Å². The van der Waals surface area contributed by atoms with E-state index in [1.165, 1.54) is 12.1 Å². The Labute approximate surface area is 200 Å². The predicted octanol–water partition coefficient (Wildman–Crippen LogP) is 4.21. The molecule has 180 valence electrons. The molecule has 1 N–H and O–H groups in total. The SMILES string of the molecule is Cc1cc(=O)n(CCC(=O)Nc2ccc(S(=O)(=O)N3CCCCCC3)cc2)c2c(C)cccc12. The average Bonchev–Trinajstić information content (AvgIpc) is 3.10. The number of fused-ring (bicyclic) bond motifs is 1. The molecule has 0 atom stereocenters. The van der Waals surface area contributed by atoms with Crippen LogP contribution in [0.25, 0.3) is 10.9 Å². The van der Waals surface area contributed by atoms with Gasteiger partial charge in [0.1, 0.15) is 0 Å². The lowest BCUT2D eigenvalue weighted by Gasteiger charge is -2.20. The average molecular weight is 482 g/mol. The molecule has 3 aromatic rings. The maximum absolute atomic E-state index is 12.9. The number of aryl methyl sites for hydroxylation is 3. The molecule has 1 aliphatic heterocycles. The largest absolute Gasteiger partial charge is 0.326 e. The zero-order valence-electron chi connectivity index (χ0n) is 19.7. The number of rotatable bonds is 6. The summed E-state index contributed by atoms with van der Waals surface area (Å²) in [6.07, 6.45) is 4.00. The van der Waals surface area contributed by atoms with Crippen LogP contribution in [0.15, 0.2) is 58.2 Å². The van der Waals surface area contributed by atoms with E-state index in [4.69, 9.17) is 0 Å². The van der Waals surface area contributed by atoms with Gasteiger partial charge >= 0.3 is 0 Å². The molecule has 4 rings (SSSR count). The van der Waals surface area contributed by atoms with Crippen molar-refractivity contribution in [1.29, 1.82) is 0 Å². The number of amides is 1. The van der Waals surface area contributed by atoms with Crippen LogP contribution in [0.2, 0.25) is 0 Å². The summed E-state index contributed by atoms with van der Waals surface area (Å²) in [5.41, 5.74) is 3.15. The Bertz CT molecular complexity index is 1350. The zero-order chi connectivity index (χ0) is 24.3. The van der Waals surface area contributed by atoms with E-state index in [9.17, 15) is 18.0 Å². The highest BCUT2D eigenvalue weighted by Gasteiger charge is 2.25. The summed E-state index contributed by atoms with van der Waals surface area (Å²) in [5, 5.41) is 3.81. The maximum Gasteiger partial charge on any atom is 0.251 e. The van der Waals surface area contributed by atoms with Crippen molar-refractivity contribution in [3.8, 4) is 0 Å². The Morgan fingerprint density at radius 3 is 2.29 bits per heavy atom. The first-order chi connectivity index (χ1) is 16.3. The number of anilines is 1. The normalized spacial score (nSPS) is 15.2. The van der Waals surface area contributed by atoms with E-state index in [-0.39, 0.29) is 29.3 Å². The van der Waals surface area contributed by atoms with Crippen molar-refractivity contribution >= 4 is 32.5 Å². The molecule has 2 heterocycles. The summed E-state index contributed by atoms with van der Waals surface area (Å²) in [6.45, 7) is 5.23. The lowest BCUT2D eigenvalue weighted by atomic mass is 10.1. The number of aromatic nitrogens is 1. The number of benzene rings is 2. The van der Waals surface area contributed by atoms with Crippen LogP contribution < -0.4 is 10.9 Å². The van der Waals surface area contributed by atoms with Gasteiger partial charge in [-0.05, 0) is 62.1 Å². The molecule has 0 aliphatic carbocycles. The molecule has 0 spiro atoms. The topological polar surface area (TPSA) is 88.5 Å². The number of carbonyl (C=O) groups is 1. The van der Waals surface area contributed by atoms with Gasteiger partial charge in [0.25, 0.3) is 5.56 Å². The number of hydrogen-bond donors (Lipinski definition) is 1. The molecular weight excluding hydrogens is 450 g/mol. The molecule has 8 heteroatoms. The molecule has 34 heavy (non-hydrogen) atoms. The second kappa shape index (κ2) is 10.1. The minimum absolute atomic E-state index is 0.125. The zero-order valence-corrected chi connectivity index (χ0v) is 20.5. The third-order valence-corrected chi connectivity index (χ3v) is 8.35. The highest BCUT2D eigenvalue weighted by Crippen LogP contribution is 2.23. The molecule has 1 fully saturated rings. The number of hydrogen-bond acceptors (Lipinski definition) is 4. The van der Waals surface area contributed by atoms with Crippen LogP contribution >= 0.6 is 0 Å². The maximum atomic E-state index is 12.9. The first-order valence-corrected chi connectivity index (χ1v) is 13.2. The van der Waals surface area contributed by atoms with Gasteiger partial charge in [-0.25, -0.2) is 8.42 Å². The molecule has 1 aliphatic rings. The second-order valence-corrected chi connectivity index (χ2v) is 10.9. The Morgan fingerprint density at radius 2 is 1.62 bits per heavy atom. The van der Waals surface area contributed by atoms with Crippen LogP contribution in [0, 0.1) is 13.8 Å². The Hall–Kier alpha value is -2.97. The van der Waals surface area contributed by atoms with Gasteiger partial charge in [0, 0.05) is 43.2 Å². The van der Waals surface area contributed by atoms with Gasteiger partial charge in [-0.3, -0.25) is 9.59 Å². The number of carbonyl (C=O) groups excluding carboxylic acids is 1. The van der Waals surface area contributed by atoms with Gasteiger partial charge in [0.05, 0.1) is 10.4 Å². The first-order valence-electron chi connectivity index (χ1n) is 11.8. The fourth-order valence-corrected chi connectivity index (χ4v) is 6.10. The summed E-state index contributed by atoms with van der Waals surface area (Å²) in [5.74, 6) is -0.239. The Morgan fingerprint density at radius 1 is 0.941 bits per heavy atom. The smallest absolute Gasteiger partial charge is 0.251 e. The molecule has 1 amide bonds. The third-order valence-electron chi connectivity index (χ3n) is 6.44. The molecule has 0 unspecified atom stereocenters. The number of nitrogens with one attached hydrogen (secondary N) is 1. The minimum Gasteiger partial charge on any atom is -0.326 e. The number of sulfonamides is 1. The van der Waals surface area contributed by atoms with E-state index in [0.29, 0.717) is 18.8 Å². The lowest BCUT2D eigenvalue weighted by Crippen LogP contribution is -2.31. The Kier molecular flexibility index (Phi) is 7.19. The van der Waals surface area contributed by atoms with Crippen molar-refractivity contribution < 1.29 is 13.2 Å². The summed E-state index contributed by atoms with van der Waals surface area (Å²) in [4.78, 5) is 25.5. The number of pyridine rings is 1. The van der Waals surface area contributed by atoms with Crippen molar-refractivity contribution in [3.63, 3.8) is 0 Å². The fourth-order valence-electron chi connectivity index (χ4n) is 4.59. The van der Waals surface area contributed by atoms with Crippen LogP contribution in [0.5, 0.6) is 0 Å². The quantitative estimate of drug-likeness (QED) is 0.571. The van der Waals surface area contributed by atoms with E-state index in [2.05, 4.69) is 5.32 Å². The van der Waals surface area contributed by atoms with E-state index in [1.54, 1.807) is 27.1 Å². The minimum atomic E-state index is -3.53. The summed E-state index contributed by atoms with van der Waals surface area (Å²) < 4.78 is 29.1. The predicted molar refractivity (Wildman–Crippen MR) is 135 cm³/mol. The fraction of sp³-hybridized carbons (Fsp3) is 0.385. The van der Waals surface area contributed by atoms with Crippen LogP contribution in [-0.4, -0.2) is 36.3 Å². The molecule has 0 saturated carbocycles. The molecular formula is C26H31N3O4S. The van der Waals surface area contributed by atoms with Gasteiger partial charge in [-0.15, -0.1) is 0 Å². The van der Waals surface area contributed by atoms with Gasteiger partial charge in [-0.1, -0.05) is 31.0 Å². The van der Waals surface area contributed by atoms with Crippen LogP contribution in [-0.2, 0) is 21.4 Å². The van der Waals surface area contributed by atoms with Crippen molar-refractivity contribution in [2.24, 2.45) is 0 Å². The van der Waals surface area contributed by atoms with Crippen molar-refractivity contribution in [2.45, 2.75) is 57.4 Å². The molecule has 1 aromatic heterocycles. The molecule has 0 radical (unpaired) electrons. The third kappa shape index (κ3) is 5.08. The lowest BCUT2D eigenvalue weighted by molar-refractivity contribution is -0.116. The van der Waals surface area contributed by atoms with E-state index >= 15 is 0 Å². The van der Waals surface area contributed by atoms with Crippen molar-refractivity contribution in [2.75, 3.05) is 18.4 Å². The van der Waals surface area contributed by atoms with E-state index in [1.807, 2.05) is 32.0 Å². The van der Waals surface area contributed by atoms with Gasteiger partial charge in [-0.2, -0.15) is 4.31 Å². The molecule has 2 aromatic carbocycles.